The Morgan fingerprint density at radius 1 is 1.02 bits per heavy atom. The van der Waals surface area contributed by atoms with Gasteiger partial charge in [-0.15, -0.1) is 0 Å². The lowest BCUT2D eigenvalue weighted by atomic mass is 9.86. The summed E-state index contributed by atoms with van der Waals surface area (Å²) >= 11 is 0. The van der Waals surface area contributed by atoms with Crippen molar-refractivity contribution in [3.8, 4) is 0 Å². The van der Waals surface area contributed by atoms with Crippen LogP contribution in [0, 0.1) is 5.21 Å². The van der Waals surface area contributed by atoms with Crippen molar-refractivity contribution in [3.63, 3.8) is 0 Å². The normalized spacial score (nSPS) is 19.8. The molecule has 2 aromatic carbocycles. The number of fused-ring (bicyclic) bond motifs is 4. The Morgan fingerprint density at radius 3 is 2.48 bits per heavy atom. The topological polar surface area (TPSA) is 107 Å². The van der Waals surface area contributed by atoms with Crippen molar-refractivity contribution < 1.29 is 20.0 Å². The van der Waals surface area contributed by atoms with Crippen LogP contribution < -0.4 is 5.23 Å². The molecule has 214 valence electrons. The largest absolute Gasteiger partial charge is 0.595 e. The lowest BCUT2D eigenvalue weighted by molar-refractivity contribution is -0.991. The number of quaternary nitrogens is 1. The first-order chi connectivity index (χ1) is 19.4. The van der Waals surface area contributed by atoms with Crippen LogP contribution >= 0.6 is 0 Å². The molecule has 1 fully saturated rings. The Kier molecular flexibility index (Phi) is 8.85. The van der Waals surface area contributed by atoms with E-state index in [0.717, 1.165) is 61.1 Å². The highest BCUT2D eigenvalue weighted by atomic mass is 16.8. The average Bonchev–Trinajstić information content (AvgIpc) is 3.34. The smallest absolute Gasteiger partial charge is 0.246 e. The first kappa shape index (κ1) is 28.3. The number of unbranched alkanes of at least 4 members (excludes halogenated alkanes) is 2. The maximum atomic E-state index is 14.0. The first-order valence-corrected chi connectivity index (χ1v) is 14.7. The van der Waals surface area contributed by atoms with Gasteiger partial charge in [0.2, 0.25) is 11.8 Å². The van der Waals surface area contributed by atoms with Gasteiger partial charge < -0.3 is 24.9 Å². The van der Waals surface area contributed by atoms with Crippen LogP contribution in [-0.2, 0) is 16.0 Å². The van der Waals surface area contributed by atoms with Crippen LogP contribution in [0.3, 0.4) is 0 Å². The third kappa shape index (κ3) is 5.65. The second kappa shape index (κ2) is 12.5. The highest BCUT2D eigenvalue weighted by molar-refractivity contribution is 5.97. The molecule has 0 saturated carbocycles. The monoisotopic (exact) mass is 547 g/mol. The Balaban J connectivity index is 1.42. The second-order valence-electron chi connectivity index (χ2n) is 11.1. The highest BCUT2D eigenvalue weighted by Crippen LogP contribution is 2.42. The maximum Gasteiger partial charge on any atom is 0.246 e. The van der Waals surface area contributed by atoms with Crippen molar-refractivity contribution in [2.75, 3.05) is 32.7 Å². The quantitative estimate of drug-likeness (QED) is 0.301. The van der Waals surface area contributed by atoms with Crippen molar-refractivity contribution in [1.29, 1.82) is 0 Å². The fourth-order valence-corrected chi connectivity index (χ4v) is 6.28. The van der Waals surface area contributed by atoms with Gasteiger partial charge >= 0.3 is 0 Å². The van der Waals surface area contributed by atoms with E-state index in [1.54, 1.807) is 28.0 Å². The van der Waals surface area contributed by atoms with Gasteiger partial charge in [-0.2, -0.15) is 5.23 Å². The van der Waals surface area contributed by atoms with Crippen molar-refractivity contribution in [2.24, 2.45) is 0 Å². The molecule has 1 saturated heterocycles. The molecule has 2 aliphatic rings. The average molecular weight is 548 g/mol. The molecular weight excluding hydrogens is 506 g/mol. The Labute approximate surface area is 235 Å². The molecule has 40 heavy (non-hydrogen) atoms. The molecule has 2 aliphatic heterocycles. The summed E-state index contributed by atoms with van der Waals surface area (Å²) in [5, 5.41) is 21.4. The summed E-state index contributed by atoms with van der Waals surface area (Å²) in [5.41, 5.74) is 3.68. The fourth-order valence-electron chi connectivity index (χ4n) is 6.28. The minimum Gasteiger partial charge on any atom is -0.595 e. The van der Waals surface area contributed by atoms with E-state index in [0.29, 0.717) is 18.5 Å². The number of H-pyrrole nitrogens is 1. The summed E-state index contributed by atoms with van der Waals surface area (Å²) in [6, 6.07) is 13.5. The number of rotatable bonds is 12. The van der Waals surface area contributed by atoms with E-state index in [1.165, 1.54) is 12.8 Å². The van der Waals surface area contributed by atoms with Crippen LogP contribution in [0.4, 0.5) is 5.69 Å². The number of carbonyl (C=O) groups is 2. The molecule has 3 N–H and O–H groups in total. The van der Waals surface area contributed by atoms with Gasteiger partial charge in [-0.25, -0.2) is 5.21 Å². The van der Waals surface area contributed by atoms with Crippen LogP contribution in [0.25, 0.3) is 10.9 Å². The van der Waals surface area contributed by atoms with Crippen molar-refractivity contribution in [3.05, 3.63) is 70.6 Å². The molecule has 0 aliphatic carbocycles. The van der Waals surface area contributed by atoms with Gasteiger partial charge in [-0.05, 0) is 56.1 Å². The van der Waals surface area contributed by atoms with Crippen LogP contribution in [-0.4, -0.2) is 75.5 Å². The number of nitrogens with zero attached hydrogens (tertiary/aromatic N) is 3. The number of benzene rings is 2. The van der Waals surface area contributed by atoms with E-state index in [-0.39, 0.29) is 24.0 Å². The zero-order valence-electron chi connectivity index (χ0n) is 23.6. The van der Waals surface area contributed by atoms with Crippen molar-refractivity contribution in [2.45, 2.75) is 64.5 Å². The van der Waals surface area contributed by atoms with E-state index in [4.69, 9.17) is 0 Å². The molecule has 3 aromatic rings. The van der Waals surface area contributed by atoms with E-state index in [9.17, 15) is 20.0 Å². The number of carbonyl (C=O) groups excluding carboxylic acids is 2. The molecule has 3 heterocycles. The molecule has 2 amide bonds. The molecule has 1 aromatic heterocycles. The van der Waals surface area contributed by atoms with Crippen LogP contribution in [0.2, 0.25) is 0 Å². The number of nitrogens with one attached hydrogen (secondary N) is 2. The number of amides is 2. The van der Waals surface area contributed by atoms with Gasteiger partial charge in [0.1, 0.15) is 6.04 Å². The molecule has 5 rings (SSSR count). The minimum atomic E-state index is -1.02. The van der Waals surface area contributed by atoms with Crippen LogP contribution in [0.5, 0.6) is 0 Å². The number of hydrogen-bond donors (Lipinski definition) is 3. The van der Waals surface area contributed by atoms with Crippen LogP contribution in [0.1, 0.15) is 68.8 Å². The Morgan fingerprint density at radius 2 is 1.75 bits per heavy atom. The van der Waals surface area contributed by atoms with Gasteiger partial charge in [0, 0.05) is 41.7 Å². The zero-order valence-corrected chi connectivity index (χ0v) is 23.6. The Hall–Kier alpha value is -3.24. The lowest BCUT2D eigenvalue weighted by Crippen LogP contribution is -2.99. The number of para-hydroxylation sites is 1. The lowest BCUT2D eigenvalue weighted by Gasteiger charge is -2.47. The maximum absolute atomic E-state index is 14.0. The molecule has 3 atom stereocenters. The molecule has 0 spiro atoms. The van der Waals surface area contributed by atoms with E-state index >= 15 is 0 Å². The predicted molar refractivity (Wildman–Crippen MR) is 154 cm³/mol. The molecule has 9 heteroatoms. The summed E-state index contributed by atoms with van der Waals surface area (Å²) in [6.07, 6.45) is 5.92. The number of aromatic nitrogens is 1. The SMILES string of the molecule is CCCCN(CCCC)CCCN1CC(=O)N2C(c3cccc([NH+]([O-])O)c3)c3[nH]c4ccccc4c3C[C@H]2C1=O. The van der Waals surface area contributed by atoms with E-state index < -0.39 is 17.3 Å². The number of hydrogen-bond acceptors (Lipinski definition) is 5. The van der Waals surface area contributed by atoms with Crippen LogP contribution in [0.15, 0.2) is 48.5 Å². The highest BCUT2D eigenvalue weighted by Gasteiger charge is 2.48. The van der Waals surface area contributed by atoms with Crippen molar-refractivity contribution in [1.82, 2.24) is 19.7 Å². The summed E-state index contributed by atoms with van der Waals surface area (Å²) < 4.78 is 0. The third-order valence-corrected chi connectivity index (χ3v) is 8.35. The fraction of sp³-hybridized carbons (Fsp3) is 0.484. The standard InChI is InChI=1S/C31H41N5O4/c1-3-5-15-33(16-6-4-2)17-10-18-34-21-28(37)35-27(31(34)38)20-25-24-13-7-8-14-26(24)32-29(25)30(35)22-11-9-12-23(19-22)36(39)40/h7-9,11-14,19,27,30,32,36,39H,3-6,10,15-18,20-21H2,1-2H3/t27-,30?/m0/s1. The Bertz CT molecular complexity index is 1330. The molecular formula is C31H41N5O4. The predicted octanol–water partition coefficient (Wildman–Crippen LogP) is 3.55. The summed E-state index contributed by atoms with van der Waals surface area (Å²) in [4.78, 5) is 37.2. The summed E-state index contributed by atoms with van der Waals surface area (Å²) in [6.45, 7) is 8.07. The number of piperazine rings is 1. The summed E-state index contributed by atoms with van der Waals surface area (Å²) in [5.74, 6) is -0.128. The van der Waals surface area contributed by atoms with Gasteiger partial charge in [0.15, 0.2) is 5.69 Å². The first-order valence-electron chi connectivity index (χ1n) is 14.7. The van der Waals surface area contributed by atoms with Gasteiger partial charge in [0.25, 0.3) is 0 Å². The molecule has 0 bridgehead atoms. The molecule has 9 nitrogen and oxygen atoms in total. The van der Waals surface area contributed by atoms with Gasteiger partial charge in [-0.1, -0.05) is 57.0 Å². The minimum absolute atomic E-state index is 0.0245. The summed E-state index contributed by atoms with van der Waals surface area (Å²) in [7, 11) is 0. The van der Waals surface area contributed by atoms with E-state index in [1.807, 2.05) is 30.3 Å². The third-order valence-electron chi connectivity index (χ3n) is 8.35. The molecule has 0 radical (unpaired) electrons. The number of aromatic amines is 1. The van der Waals surface area contributed by atoms with E-state index in [2.05, 4.69) is 23.7 Å². The molecule has 2 unspecified atom stereocenters. The second-order valence-corrected chi connectivity index (χ2v) is 11.1. The van der Waals surface area contributed by atoms with Crippen molar-refractivity contribution >= 4 is 28.4 Å². The zero-order chi connectivity index (χ0) is 28.2. The van der Waals surface area contributed by atoms with Gasteiger partial charge in [0.05, 0.1) is 12.6 Å². The van der Waals surface area contributed by atoms with Gasteiger partial charge in [-0.3, -0.25) is 9.59 Å².